The number of aromatic nitrogens is 1. The maximum Gasteiger partial charge on any atom is 0.340 e. The molecule has 0 atom stereocenters. The van der Waals surface area contributed by atoms with Crippen molar-refractivity contribution in [2.75, 3.05) is 13.2 Å². The highest BCUT2D eigenvalue weighted by Gasteiger charge is 2.28. The fourth-order valence-electron chi connectivity index (χ4n) is 2.81. The Bertz CT molecular complexity index is 914. The molecule has 0 amide bonds. The molecular formula is C20H21NO6. The van der Waals surface area contributed by atoms with Gasteiger partial charge in [0.1, 0.15) is 0 Å². The number of benzene rings is 1. The first kappa shape index (κ1) is 20.1. The van der Waals surface area contributed by atoms with Crippen LogP contribution in [0.3, 0.4) is 0 Å². The van der Waals surface area contributed by atoms with Gasteiger partial charge in [0.2, 0.25) is 0 Å². The van der Waals surface area contributed by atoms with E-state index in [2.05, 4.69) is 4.98 Å². The maximum absolute atomic E-state index is 12.7. The van der Waals surface area contributed by atoms with Gasteiger partial charge in [-0.05, 0) is 31.9 Å². The second-order valence-electron chi connectivity index (χ2n) is 5.68. The predicted molar refractivity (Wildman–Crippen MR) is 98.8 cm³/mol. The van der Waals surface area contributed by atoms with E-state index in [4.69, 9.17) is 9.47 Å². The smallest absolute Gasteiger partial charge is 0.340 e. The number of pyridine rings is 1. The van der Waals surface area contributed by atoms with E-state index in [0.717, 1.165) is 0 Å². The van der Waals surface area contributed by atoms with Crippen LogP contribution in [-0.4, -0.2) is 35.9 Å². The monoisotopic (exact) mass is 371 g/mol. The molecule has 142 valence electrons. The number of Topliss-reactive ketones (excluding diaryl/α,β-unsaturated/α-hetero) is 1. The molecule has 0 saturated heterocycles. The SMILES string of the molecule is CCOC(=O)Cc1c(C(=O)OCC)c(-c2ccccc2)[nH]c(=O)c1C(C)=O. The summed E-state index contributed by atoms with van der Waals surface area (Å²) in [4.78, 5) is 52.0. The van der Waals surface area contributed by atoms with Gasteiger partial charge in [-0.2, -0.15) is 0 Å². The molecule has 7 heteroatoms. The molecule has 0 radical (unpaired) electrons. The lowest BCUT2D eigenvalue weighted by Gasteiger charge is -2.16. The molecule has 0 aliphatic heterocycles. The Morgan fingerprint density at radius 2 is 1.59 bits per heavy atom. The fraction of sp³-hybridized carbons (Fsp3) is 0.300. The van der Waals surface area contributed by atoms with Crippen LogP contribution in [0.15, 0.2) is 35.1 Å². The summed E-state index contributed by atoms with van der Waals surface area (Å²) in [5.41, 5.74) is -0.163. The first-order valence-electron chi connectivity index (χ1n) is 8.58. The lowest BCUT2D eigenvalue weighted by molar-refractivity contribution is -0.142. The van der Waals surface area contributed by atoms with Gasteiger partial charge in [-0.1, -0.05) is 30.3 Å². The number of carbonyl (C=O) groups is 3. The average Bonchev–Trinajstić information content (AvgIpc) is 2.62. The van der Waals surface area contributed by atoms with Crippen molar-refractivity contribution in [3.63, 3.8) is 0 Å². The maximum atomic E-state index is 12.7. The van der Waals surface area contributed by atoms with E-state index in [1.165, 1.54) is 6.92 Å². The molecule has 0 bridgehead atoms. The minimum atomic E-state index is -0.727. The molecule has 0 aliphatic carbocycles. The minimum absolute atomic E-state index is 0.0131. The standard InChI is InChI=1S/C20H21NO6/c1-4-26-15(23)11-14-16(12(3)22)19(24)21-18(13-9-7-6-8-10-13)17(14)20(25)27-5-2/h6-10H,4-5,11H2,1-3H3,(H,21,24). The number of esters is 2. The Kier molecular flexibility index (Phi) is 6.65. The van der Waals surface area contributed by atoms with Crippen LogP contribution >= 0.6 is 0 Å². The number of H-pyrrole nitrogens is 1. The molecule has 2 aromatic rings. The highest BCUT2D eigenvalue weighted by atomic mass is 16.5. The first-order chi connectivity index (χ1) is 12.9. The van der Waals surface area contributed by atoms with Crippen LogP contribution in [0, 0.1) is 0 Å². The normalized spacial score (nSPS) is 10.3. The summed E-state index contributed by atoms with van der Waals surface area (Å²) in [5, 5.41) is 0. The number of ketones is 1. The van der Waals surface area contributed by atoms with E-state index in [9.17, 15) is 19.2 Å². The molecule has 1 heterocycles. The summed E-state index contributed by atoms with van der Waals surface area (Å²) in [6.45, 7) is 4.72. The molecular weight excluding hydrogens is 350 g/mol. The van der Waals surface area contributed by atoms with Crippen LogP contribution in [0.25, 0.3) is 11.3 Å². The van der Waals surface area contributed by atoms with E-state index in [0.29, 0.717) is 5.56 Å². The third-order valence-corrected chi connectivity index (χ3v) is 3.84. The molecule has 1 aromatic heterocycles. The number of carbonyl (C=O) groups excluding carboxylic acids is 3. The van der Waals surface area contributed by atoms with Gasteiger partial charge in [0.25, 0.3) is 5.56 Å². The van der Waals surface area contributed by atoms with E-state index >= 15 is 0 Å². The lowest BCUT2D eigenvalue weighted by Crippen LogP contribution is -2.27. The van der Waals surface area contributed by atoms with E-state index in [1.807, 2.05) is 0 Å². The summed E-state index contributed by atoms with van der Waals surface area (Å²) >= 11 is 0. The molecule has 0 saturated carbocycles. The lowest BCUT2D eigenvalue weighted by atomic mass is 9.93. The van der Waals surface area contributed by atoms with Crippen molar-refractivity contribution in [2.24, 2.45) is 0 Å². The summed E-state index contributed by atoms with van der Waals surface area (Å²) in [6.07, 6.45) is -0.388. The van der Waals surface area contributed by atoms with E-state index in [-0.39, 0.29) is 42.0 Å². The molecule has 0 aliphatic rings. The van der Waals surface area contributed by atoms with Gasteiger partial charge in [0, 0.05) is 0 Å². The number of aromatic amines is 1. The Hall–Kier alpha value is -3.22. The molecule has 1 aromatic carbocycles. The quantitative estimate of drug-likeness (QED) is 0.593. The summed E-state index contributed by atoms with van der Waals surface area (Å²) in [7, 11) is 0. The van der Waals surface area contributed by atoms with Gasteiger partial charge in [-0.25, -0.2) is 4.79 Å². The van der Waals surface area contributed by atoms with Crippen molar-refractivity contribution < 1.29 is 23.9 Å². The summed E-state index contributed by atoms with van der Waals surface area (Å²) in [5.74, 6) is -1.93. The first-order valence-corrected chi connectivity index (χ1v) is 8.58. The van der Waals surface area contributed by atoms with Gasteiger partial charge in [0.05, 0.1) is 36.5 Å². The van der Waals surface area contributed by atoms with Crippen LogP contribution < -0.4 is 5.56 Å². The molecule has 2 rings (SSSR count). The van der Waals surface area contributed by atoms with Crippen molar-refractivity contribution in [3.8, 4) is 11.3 Å². The number of nitrogens with one attached hydrogen (secondary N) is 1. The molecule has 0 unspecified atom stereocenters. The Morgan fingerprint density at radius 3 is 2.15 bits per heavy atom. The zero-order valence-corrected chi connectivity index (χ0v) is 15.5. The number of hydrogen-bond donors (Lipinski definition) is 1. The van der Waals surface area contributed by atoms with Gasteiger partial charge in [-0.15, -0.1) is 0 Å². The third kappa shape index (κ3) is 4.49. The van der Waals surface area contributed by atoms with Crippen molar-refractivity contribution in [1.29, 1.82) is 0 Å². The van der Waals surface area contributed by atoms with Gasteiger partial charge >= 0.3 is 11.9 Å². The topological polar surface area (TPSA) is 103 Å². The Labute approximate surface area is 156 Å². The number of ether oxygens (including phenoxy) is 2. The Morgan fingerprint density at radius 1 is 0.963 bits per heavy atom. The molecule has 7 nitrogen and oxygen atoms in total. The van der Waals surface area contributed by atoms with Crippen molar-refractivity contribution >= 4 is 17.7 Å². The molecule has 0 fully saturated rings. The highest BCUT2D eigenvalue weighted by Crippen LogP contribution is 2.26. The highest BCUT2D eigenvalue weighted by molar-refractivity contribution is 6.04. The summed E-state index contributed by atoms with van der Waals surface area (Å²) < 4.78 is 10.1. The van der Waals surface area contributed by atoms with Gasteiger partial charge in [-0.3, -0.25) is 14.4 Å². The van der Waals surface area contributed by atoms with E-state index < -0.39 is 23.3 Å². The van der Waals surface area contributed by atoms with Crippen molar-refractivity contribution in [1.82, 2.24) is 4.98 Å². The molecule has 0 spiro atoms. The Balaban J connectivity index is 2.84. The average molecular weight is 371 g/mol. The van der Waals surface area contributed by atoms with Crippen molar-refractivity contribution in [3.05, 3.63) is 57.4 Å². The minimum Gasteiger partial charge on any atom is -0.466 e. The van der Waals surface area contributed by atoms with Crippen molar-refractivity contribution in [2.45, 2.75) is 27.2 Å². The fourth-order valence-corrected chi connectivity index (χ4v) is 2.81. The van der Waals surface area contributed by atoms with Gasteiger partial charge in [0.15, 0.2) is 5.78 Å². The van der Waals surface area contributed by atoms with E-state index in [1.54, 1.807) is 44.2 Å². The van der Waals surface area contributed by atoms with Crippen LogP contribution in [0.4, 0.5) is 0 Å². The second kappa shape index (κ2) is 8.93. The van der Waals surface area contributed by atoms with Crippen LogP contribution in [-0.2, 0) is 20.7 Å². The molecule has 1 N–H and O–H groups in total. The molecule has 27 heavy (non-hydrogen) atoms. The zero-order valence-electron chi connectivity index (χ0n) is 15.5. The number of hydrogen-bond acceptors (Lipinski definition) is 6. The van der Waals surface area contributed by atoms with Crippen LogP contribution in [0.5, 0.6) is 0 Å². The van der Waals surface area contributed by atoms with Crippen LogP contribution in [0.1, 0.15) is 47.1 Å². The zero-order chi connectivity index (χ0) is 20.0. The largest absolute Gasteiger partial charge is 0.466 e. The second-order valence-corrected chi connectivity index (χ2v) is 5.68. The van der Waals surface area contributed by atoms with Crippen LogP contribution in [0.2, 0.25) is 0 Å². The predicted octanol–water partition coefficient (Wildman–Crippen LogP) is 2.53. The van der Waals surface area contributed by atoms with Gasteiger partial charge < -0.3 is 14.5 Å². The summed E-state index contributed by atoms with van der Waals surface area (Å²) in [6, 6.07) is 8.68. The third-order valence-electron chi connectivity index (χ3n) is 3.84. The number of rotatable bonds is 7.